The van der Waals surface area contributed by atoms with Crippen LogP contribution in [0, 0.1) is 10.1 Å². The molecule has 0 spiro atoms. The van der Waals surface area contributed by atoms with Crippen LogP contribution in [0.3, 0.4) is 0 Å². The van der Waals surface area contributed by atoms with E-state index in [1.807, 2.05) is 17.0 Å². The normalized spacial score (nSPS) is 13.7. The second kappa shape index (κ2) is 9.12. The van der Waals surface area contributed by atoms with Gasteiger partial charge in [0, 0.05) is 41.5 Å². The van der Waals surface area contributed by atoms with Crippen molar-refractivity contribution < 1.29 is 18.9 Å². The number of halogens is 1. The summed E-state index contributed by atoms with van der Waals surface area (Å²) in [6, 6.07) is 16.5. The molecule has 3 aromatic carbocycles. The molecule has 0 atom stereocenters. The topological polar surface area (TPSA) is 111 Å². The molecule has 5 rings (SSSR count). The van der Waals surface area contributed by atoms with Crippen molar-refractivity contribution in [2.24, 2.45) is 0 Å². The van der Waals surface area contributed by atoms with Crippen molar-refractivity contribution in [1.29, 1.82) is 0 Å². The number of aromatic nitrogens is 1. The fraction of sp³-hybridized carbons (Fsp3) is 0.167. The van der Waals surface area contributed by atoms with Crippen LogP contribution in [0.5, 0.6) is 0 Å². The second-order valence-corrected chi connectivity index (χ2v) is 8.16. The molecule has 10 heteroatoms. The lowest BCUT2D eigenvalue weighted by molar-refractivity contribution is -0.384. The van der Waals surface area contributed by atoms with Gasteiger partial charge in [-0.2, -0.15) is 0 Å². The van der Waals surface area contributed by atoms with Crippen molar-refractivity contribution in [2.45, 2.75) is 0 Å². The number of hydrogen-bond acceptors (Lipinski definition) is 7. The van der Waals surface area contributed by atoms with Crippen LogP contribution in [0.4, 0.5) is 17.1 Å². The van der Waals surface area contributed by atoms with Gasteiger partial charge in [0.1, 0.15) is 5.52 Å². The number of amides is 1. The van der Waals surface area contributed by atoms with Crippen LogP contribution < -0.4 is 10.2 Å². The van der Waals surface area contributed by atoms with Gasteiger partial charge in [-0.3, -0.25) is 14.9 Å². The number of morpholine rings is 1. The zero-order valence-electron chi connectivity index (χ0n) is 17.9. The summed E-state index contributed by atoms with van der Waals surface area (Å²) in [6.07, 6.45) is 0. The molecule has 1 N–H and O–H groups in total. The summed E-state index contributed by atoms with van der Waals surface area (Å²) in [7, 11) is 0. The fourth-order valence-electron chi connectivity index (χ4n) is 3.82. The molecule has 0 unspecified atom stereocenters. The largest absolute Gasteiger partial charge is 0.436 e. The number of non-ortho nitro benzene ring substituents is 1. The van der Waals surface area contributed by atoms with Crippen LogP contribution in [0.2, 0.25) is 5.02 Å². The van der Waals surface area contributed by atoms with E-state index in [2.05, 4.69) is 10.3 Å². The molecule has 1 aliphatic heterocycles. The van der Waals surface area contributed by atoms with Gasteiger partial charge in [0.15, 0.2) is 5.58 Å². The number of carbonyl (C=O) groups is 1. The van der Waals surface area contributed by atoms with Gasteiger partial charge in [-0.25, -0.2) is 4.98 Å². The molecule has 1 aromatic heterocycles. The van der Waals surface area contributed by atoms with Crippen molar-refractivity contribution in [3.05, 3.63) is 81.4 Å². The Labute approximate surface area is 199 Å². The molecule has 0 radical (unpaired) electrons. The highest BCUT2D eigenvalue weighted by Gasteiger charge is 2.22. The van der Waals surface area contributed by atoms with Gasteiger partial charge in [0.25, 0.3) is 11.6 Å². The first-order valence-electron chi connectivity index (χ1n) is 10.6. The quantitative estimate of drug-likeness (QED) is 0.312. The Kier molecular flexibility index (Phi) is 5.87. The fourth-order valence-corrected chi connectivity index (χ4v) is 3.95. The Balaban J connectivity index is 1.44. The van der Waals surface area contributed by atoms with Gasteiger partial charge < -0.3 is 19.4 Å². The third-order valence-electron chi connectivity index (χ3n) is 5.52. The maximum Gasteiger partial charge on any atom is 0.270 e. The molecule has 4 aromatic rings. The van der Waals surface area contributed by atoms with E-state index in [1.54, 1.807) is 36.4 Å². The number of nitrogens with one attached hydrogen (secondary N) is 1. The van der Waals surface area contributed by atoms with Crippen molar-refractivity contribution >= 4 is 45.7 Å². The molecule has 0 saturated carbocycles. The number of oxazole rings is 1. The van der Waals surface area contributed by atoms with Crippen LogP contribution in [0.25, 0.3) is 22.6 Å². The van der Waals surface area contributed by atoms with Crippen LogP contribution >= 0.6 is 11.6 Å². The van der Waals surface area contributed by atoms with E-state index in [0.717, 1.165) is 5.56 Å². The molecule has 1 saturated heterocycles. The number of rotatable bonds is 5. The molecule has 1 aliphatic rings. The standard InChI is InChI=1S/C24H19ClN4O5/c25-16-3-1-15(2-4-16)24-27-20-13-17(5-8-22(20)34-24)26-23(30)19-14-18(29(31)32)6-7-21(19)28-9-11-33-12-10-28/h1-8,13-14H,9-12H2,(H,26,30). The highest BCUT2D eigenvalue weighted by Crippen LogP contribution is 2.29. The van der Waals surface area contributed by atoms with Crippen LogP contribution in [0.1, 0.15) is 10.4 Å². The summed E-state index contributed by atoms with van der Waals surface area (Å²) >= 11 is 5.95. The van der Waals surface area contributed by atoms with E-state index in [4.69, 9.17) is 20.8 Å². The Bertz CT molecular complexity index is 1380. The van der Waals surface area contributed by atoms with Crippen LogP contribution in [-0.2, 0) is 4.74 Å². The predicted molar refractivity (Wildman–Crippen MR) is 129 cm³/mol. The molecule has 1 fully saturated rings. The van der Waals surface area contributed by atoms with Crippen molar-refractivity contribution in [2.75, 3.05) is 36.5 Å². The summed E-state index contributed by atoms with van der Waals surface area (Å²) in [5, 5.41) is 14.8. The Morgan fingerprint density at radius 1 is 1.06 bits per heavy atom. The summed E-state index contributed by atoms with van der Waals surface area (Å²) in [5.41, 5.74) is 3.09. The van der Waals surface area contributed by atoms with Gasteiger partial charge in [-0.05, 0) is 48.5 Å². The van der Waals surface area contributed by atoms with Crippen molar-refractivity contribution in [3.8, 4) is 11.5 Å². The van der Waals surface area contributed by atoms with Crippen LogP contribution in [-0.4, -0.2) is 42.1 Å². The summed E-state index contributed by atoms with van der Waals surface area (Å²) in [6.45, 7) is 2.24. The number of fused-ring (bicyclic) bond motifs is 1. The zero-order chi connectivity index (χ0) is 23.7. The average molecular weight is 479 g/mol. The second-order valence-electron chi connectivity index (χ2n) is 7.72. The first-order valence-corrected chi connectivity index (χ1v) is 10.9. The summed E-state index contributed by atoms with van der Waals surface area (Å²) < 4.78 is 11.2. The Morgan fingerprint density at radius 3 is 2.56 bits per heavy atom. The molecular formula is C24H19ClN4O5. The van der Waals surface area contributed by atoms with E-state index in [-0.39, 0.29) is 11.3 Å². The first-order chi connectivity index (χ1) is 16.5. The molecular weight excluding hydrogens is 460 g/mol. The Hall–Kier alpha value is -3.95. The van der Waals surface area contributed by atoms with Gasteiger partial charge in [-0.15, -0.1) is 0 Å². The number of benzene rings is 3. The SMILES string of the molecule is O=C(Nc1ccc2oc(-c3ccc(Cl)cc3)nc2c1)c1cc([N+](=O)[O-])ccc1N1CCOCC1. The lowest BCUT2D eigenvalue weighted by atomic mass is 10.1. The summed E-state index contributed by atoms with van der Waals surface area (Å²) in [5.74, 6) is -0.0191. The number of carbonyl (C=O) groups excluding carboxylic acids is 1. The number of nitrogens with zero attached hydrogens (tertiary/aromatic N) is 3. The van der Waals surface area contributed by atoms with Gasteiger partial charge in [0.05, 0.1) is 29.4 Å². The minimum absolute atomic E-state index is 0.151. The number of anilines is 2. The number of hydrogen-bond donors (Lipinski definition) is 1. The number of nitro benzene ring substituents is 1. The van der Waals surface area contributed by atoms with Gasteiger partial charge in [-0.1, -0.05) is 11.6 Å². The van der Waals surface area contributed by atoms with Crippen LogP contribution in [0.15, 0.2) is 65.1 Å². The maximum atomic E-state index is 13.2. The van der Waals surface area contributed by atoms with E-state index < -0.39 is 10.8 Å². The monoisotopic (exact) mass is 478 g/mol. The lowest BCUT2D eigenvalue weighted by Gasteiger charge is -2.30. The van der Waals surface area contributed by atoms with Gasteiger partial charge >= 0.3 is 0 Å². The smallest absolute Gasteiger partial charge is 0.270 e. The van der Waals surface area contributed by atoms with E-state index >= 15 is 0 Å². The molecule has 1 amide bonds. The van der Waals surface area contributed by atoms with Crippen molar-refractivity contribution in [1.82, 2.24) is 4.98 Å². The molecule has 0 aliphatic carbocycles. The zero-order valence-corrected chi connectivity index (χ0v) is 18.6. The third-order valence-corrected chi connectivity index (χ3v) is 5.78. The number of nitro groups is 1. The average Bonchev–Trinajstić information content (AvgIpc) is 3.28. The minimum atomic E-state index is -0.514. The third kappa shape index (κ3) is 4.43. The number of ether oxygens (including phenoxy) is 1. The molecule has 9 nitrogen and oxygen atoms in total. The minimum Gasteiger partial charge on any atom is -0.436 e. The predicted octanol–water partition coefficient (Wildman–Crippen LogP) is 5.15. The maximum absolute atomic E-state index is 13.2. The molecule has 0 bridgehead atoms. The van der Waals surface area contributed by atoms with E-state index in [1.165, 1.54) is 12.1 Å². The van der Waals surface area contributed by atoms with E-state index in [0.29, 0.717) is 59.7 Å². The Morgan fingerprint density at radius 2 is 1.82 bits per heavy atom. The van der Waals surface area contributed by atoms with E-state index in [9.17, 15) is 14.9 Å². The molecule has 172 valence electrons. The highest BCUT2D eigenvalue weighted by molar-refractivity contribution is 6.30. The van der Waals surface area contributed by atoms with Gasteiger partial charge in [0.2, 0.25) is 5.89 Å². The lowest BCUT2D eigenvalue weighted by Crippen LogP contribution is -2.37. The molecule has 2 heterocycles. The van der Waals surface area contributed by atoms with Crippen molar-refractivity contribution in [3.63, 3.8) is 0 Å². The molecule has 34 heavy (non-hydrogen) atoms. The highest BCUT2D eigenvalue weighted by atomic mass is 35.5. The first kappa shape index (κ1) is 21.9. The summed E-state index contributed by atoms with van der Waals surface area (Å²) in [4.78, 5) is 30.5.